The van der Waals surface area contributed by atoms with E-state index in [-0.39, 0.29) is 29.5 Å². The SMILES string of the molecule is Cc1cc(N2C(=S)N[C@H](c3ccccn3)[C@H]2c2cccn2-c2cccc(C(=O)O)c2)ccc1NC(=O)C(C)C. The Morgan fingerprint density at radius 2 is 1.85 bits per heavy atom. The van der Waals surface area contributed by atoms with E-state index in [0.717, 1.165) is 34.0 Å². The predicted octanol–water partition coefficient (Wildman–Crippen LogP) is 5.65. The maximum Gasteiger partial charge on any atom is 0.335 e. The maximum atomic E-state index is 12.3. The first kappa shape index (κ1) is 26.1. The fourth-order valence-corrected chi connectivity index (χ4v) is 5.15. The molecule has 5 rings (SSSR count). The first-order valence-corrected chi connectivity index (χ1v) is 13.1. The van der Waals surface area contributed by atoms with Gasteiger partial charge in [-0.15, -0.1) is 0 Å². The van der Waals surface area contributed by atoms with Crippen molar-refractivity contribution in [3.63, 3.8) is 0 Å². The van der Waals surface area contributed by atoms with Gasteiger partial charge in [0, 0.05) is 41.1 Å². The zero-order valence-electron chi connectivity index (χ0n) is 21.8. The Morgan fingerprint density at radius 3 is 2.54 bits per heavy atom. The molecule has 9 heteroatoms. The van der Waals surface area contributed by atoms with Crippen LogP contribution in [-0.4, -0.2) is 31.6 Å². The summed E-state index contributed by atoms with van der Waals surface area (Å²) in [5, 5.41) is 16.6. The molecule has 2 aromatic carbocycles. The van der Waals surface area contributed by atoms with Crippen LogP contribution in [0.3, 0.4) is 0 Å². The van der Waals surface area contributed by atoms with Gasteiger partial charge in [0.05, 0.1) is 17.3 Å². The summed E-state index contributed by atoms with van der Waals surface area (Å²) >= 11 is 5.88. The molecule has 1 fully saturated rings. The summed E-state index contributed by atoms with van der Waals surface area (Å²) in [6, 6.07) is 21.9. The van der Waals surface area contributed by atoms with Gasteiger partial charge < -0.3 is 25.2 Å². The number of carbonyl (C=O) groups is 2. The minimum atomic E-state index is -0.984. The lowest BCUT2D eigenvalue weighted by Crippen LogP contribution is -2.30. The molecular weight excluding hydrogens is 510 g/mol. The van der Waals surface area contributed by atoms with Gasteiger partial charge in [-0.3, -0.25) is 9.78 Å². The van der Waals surface area contributed by atoms with Crippen LogP contribution < -0.4 is 15.5 Å². The molecule has 1 aliphatic rings. The summed E-state index contributed by atoms with van der Waals surface area (Å²) in [7, 11) is 0. The minimum Gasteiger partial charge on any atom is -0.478 e. The molecule has 3 N–H and O–H groups in total. The van der Waals surface area contributed by atoms with E-state index < -0.39 is 5.97 Å². The molecule has 1 aliphatic heterocycles. The molecule has 2 aromatic heterocycles. The van der Waals surface area contributed by atoms with E-state index in [1.165, 1.54) is 0 Å². The standard InChI is InChI=1S/C30H29N5O3S/c1-18(2)28(36)32-23-13-12-22(16-19(23)3)35-27(26(33-30(35)39)24-10-4-5-14-31-24)25-11-7-15-34(25)21-9-6-8-20(17-21)29(37)38/h4-18,26-27H,1-3H3,(H,32,36)(H,33,39)(H,37,38)/t26-,27-/m1/s1. The number of carboxylic acid groups (broad SMARTS) is 1. The smallest absolute Gasteiger partial charge is 0.335 e. The molecule has 0 unspecified atom stereocenters. The summed E-state index contributed by atoms with van der Waals surface area (Å²) < 4.78 is 1.99. The van der Waals surface area contributed by atoms with E-state index in [1.54, 1.807) is 24.4 Å². The fourth-order valence-electron chi connectivity index (χ4n) is 4.81. The second-order valence-corrected chi connectivity index (χ2v) is 10.2. The lowest BCUT2D eigenvalue weighted by Gasteiger charge is -2.29. The largest absolute Gasteiger partial charge is 0.478 e. The normalized spacial score (nSPS) is 16.8. The monoisotopic (exact) mass is 539 g/mol. The highest BCUT2D eigenvalue weighted by molar-refractivity contribution is 7.80. The van der Waals surface area contributed by atoms with E-state index >= 15 is 0 Å². The number of carbonyl (C=O) groups excluding carboxylic acids is 1. The molecule has 0 bridgehead atoms. The van der Waals surface area contributed by atoms with Gasteiger partial charge >= 0.3 is 5.97 Å². The second kappa shape index (κ2) is 10.7. The number of aryl methyl sites for hydroxylation is 1. The number of hydrogen-bond donors (Lipinski definition) is 3. The zero-order valence-corrected chi connectivity index (χ0v) is 22.6. The summed E-state index contributed by atoms with van der Waals surface area (Å²) in [4.78, 5) is 30.6. The molecule has 39 heavy (non-hydrogen) atoms. The van der Waals surface area contributed by atoms with Gasteiger partial charge in [-0.05, 0) is 85.4 Å². The van der Waals surface area contributed by atoms with E-state index in [0.29, 0.717) is 5.11 Å². The molecule has 4 aromatic rings. The van der Waals surface area contributed by atoms with E-state index in [9.17, 15) is 14.7 Å². The number of nitrogens with one attached hydrogen (secondary N) is 2. The Morgan fingerprint density at radius 1 is 1.03 bits per heavy atom. The van der Waals surface area contributed by atoms with Gasteiger partial charge in [-0.2, -0.15) is 0 Å². The van der Waals surface area contributed by atoms with Gasteiger partial charge in [0.15, 0.2) is 5.11 Å². The topological polar surface area (TPSA) is 99.5 Å². The average molecular weight is 540 g/mol. The predicted molar refractivity (Wildman–Crippen MR) is 155 cm³/mol. The third-order valence-electron chi connectivity index (χ3n) is 6.82. The van der Waals surface area contributed by atoms with Gasteiger partial charge in [0.25, 0.3) is 0 Å². The van der Waals surface area contributed by atoms with Crippen LogP contribution in [-0.2, 0) is 4.79 Å². The van der Waals surface area contributed by atoms with Gasteiger partial charge in [0.1, 0.15) is 6.04 Å². The zero-order chi connectivity index (χ0) is 27.7. The van der Waals surface area contributed by atoms with Crippen molar-refractivity contribution in [2.45, 2.75) is 32.9 Å². The average Bonchev–Trinajstić information content (AvgIpc) is 3.54. The number of thiocarbonyl (C=S) groups is 1. The van der Waals surface area contributed by atoms with Crippen LogP contribution in [0.2, 0.25) is 0 Å². The fraction of sp³-hybridized carbons (Fsp3) is 0.200. The van der Waals surface area contributed by atoms with Crippen molar-refractivity contribution >= 4 is 40.6 Å². The Labute approximate surface area is 232 Å². The molecule has 0 spiro atoms. The Bertz CT molecular complexity index is 1550. The number of hydrogen-bond acceptors (Lipinski definition) is 4. The quantitative estimate of drug-likeness (QED) is 0.261. The number of anilines is 2. The number of aromatic nitrogens is 2. The first-order valence-electron chi connectivity index (χ1n) is 12.7. The van der Waals surface area contributed by atoms with Crippen LogP contribution >= 0.6 is 12.2 Å². The molecule has 1 amide bonds. The number of benzene rings is 2. The number of aromatic carboxylic acids is 1. The third kappa shape index (κ3) is 5.13. The Balaban J connectivity index is 1.61. The summed E-state index contributed by atoms with van der Waals surface area (Å²) in [5.74, 6) is -1.16. The molecule has 8 nitrogen and oxygen atoms in total. The molecule has 0 radical (unpaired) electrons. The third-order valence-corrected chi connectivity index (χ3v) is 7.14. The minimum absolute atomic E-state index is 0.0429. The molecule has 0 aliphatic carbocycles. The van der Waals surface area contributed by atoms with E-state index in [1.807, 2.05) is 86.1 Å². The van der Waals surface area contributed by atoms with Crippen LogP contribution in [0.25, 0.3) is 5.69 Å². The second-order valence-electron chi connectivity index (χ2n) is 9.80. The lowest BCUT2D eigenvalue weighted by atomic mass is 10.00. The molecule has 0 saturated carbocycles. The molecule has 1 saturated heterocycles. The number of carboxylic acids is 1. The van der Waals surface area contributed by atoms with Crippen molar-refractivity contribution in [1.82, 2.24) is 14.9 Å². The molecule has 198 valence electrons. The van der Waals surface area contributed by atoms with Crippen LogP contribution in [0.5, 0.6) is 0 Å². The highest BCUT2D eigenvalue weighted by Gasteiger charge is 2.42. The summed E-state index contributed by atoms with van der Waals surface area (Å²) in [6.07, 6.45) is 3.67. The first-order chi connectivity index (χ1) is 18.7. The Hall–Kier alpha value is -4.50. The van der Waals surface area contributed by atoms with Crippen molar-refractivity contribution in [2.75, 3.05) is 10.2 Å². The van der Waals surface area contributed by atoms with Gasteiger partial charge in [-0.1, -0.05) is 26.0 Å². The number of pyridine rings is 1. The van der Waals surface area contributed by atoms with Gasteiger partial charge in [-0.25, -0.2) is 4.79 Å². The highest BCUT2D eigenvalue weighted by Crippen LogP contribution is 2.43. The molecular formula is C30H29N5O3S. The van der Waals surface area contributed by atoms with Gasteiger partial charge in [0.2, 0.25) is 5.91 Å². The van der Waals surface area contributed by atoms with Crippen LogP contribution in [0.1, 0.15) is 53.2 Å². The molecule has 3 heterocycles. The van der Waals surface area contributed by atoms with E-state index in [4.69, 9.17) is 12.2 Å². The van der Waals surface area contributed by atoms with Crippen molar-refractivity contribution in [2.24, 2.45) is 5.92 Å². The highest BCUT2D eigenvalue weighted by atomic mass is 32.1. The van der Waals surface area contributed by atoms with E-state index in [2.05, 4.69) is 20.5 Å². The number of amides is 1. The summed E-state index contributed by atoms with van der Waals surface area (Å²) in [6.45, 7) is 5.67. The van der Waals surface area contributed by atoms with Crippen LogP contribution in [0.15, 0.2) is 85.2 Å². The number of rotatable bonds is 7. The van der Waals surface area contributed by atoms with Crippen LogP contribution in [0, 0.1) is 12.8 Å². The lowest BCUT2D eigenvalue weighted by molar-refractivity contribution is -0.118. The van der Waals surface area contributed by atoms with Crippen molar-refractivity contribution < 1.29 is 14.7 Å². The van der Waals surface area contributed by atoms with Crippen molar-refractivity contribution in [3.8, 4) is 5.69 Å². The van der Waals surface area contributed by atoms with Crippen molar-refractivity contribution in [1.29, 1.82) is 0 Å². The van der Waals surface area contributed by atoms with Crippen LogP contribution in [0.4, 0.5) is 11.4 Å². The number of nitrogens with zero attached hydrogens (tertiary/aromatic N) is 3. The molecule has 2 atom stereocenters. The Kier molecular flexibility index (Phi) is 7.17. The summed E-state index contributed by atoms with van der Waals surface area (Å²) in [5.41, 5.74) is 5.21. The van der Waals surface area contributed by atoms with Crippen molar-refractivity contribution in [3.05, 3.63) is 108 Å². The maximum absolute atomic E-state index is 12.3.